The molecule has 0 saturated carbocycles. The van der Waals surface area contributed by atoms with Crippen LogP contribution in [0.3, 0.4) is 0 Å². The number of carbonyl (C=O) groups excluding carboxylic acids is 1. The van der Waals surface area contributed by atoms with Gasteiger partial charge in [0.25, 0.3) is 5.56 Å². The van der Waals surface area contributed by atoms with Gasteiger partial charge < -0.3 is 20.3 Å². The van der Waals surface area contributed by atoms with Crippen LogP contribution in [0.25, 0.3) is 10.8 Å². The van der Waals surface area contributed by atoms with Crippen molar-refractivity contribution in [2.45, 2.75) is 32.4 Å². The van der Waals surface area contributed by atoms with Crippen molar-refractivity contribution in [3.8, 4) is 0 Å². The molecule has 2 atom stereocenters. The zero-order valence-corrected chi connectivity index (χ0v) is 17.4. The van der Waals surface area contributed by atoms with E-state index < -0.39 is 24.0 Å². The molecule has 1 unspecified atom stereocenters. The van der Waals surface area contributed by atoms with Crippen molar-refractivity contribution in [3.63, 3.8) is 0 Å². The largest absolute Gasteiger partial charge is 0.393 e. The van der Waals surface area contributed by atoms with Gasteiger partial charge in [0, 0.05) is 23.8 Å². The highest BCUT2D eigenvalue weighted by Gasteiger charge is 2.24. The highest BCUT2D eigenvalue weighted by atomic mass is 35.5. The fraction of sp³-hybridized carbons (Fsp3) is 0.273. The topological polar surface area (TPSA) is 85.4 Å². The Bertz CT molecular complexity index is 1120. The van der Waals surface area contributed by atoms with E-state index in [4.69, 9.17) is 11.6 Å². The molecule has 0 bridgehead atoms. The summed E-state index contributed by atoms with van der Waals surface area (Å²) in [6.45, 7) is 3.77. The van der Waals surface area contributed by atoms with Gasteiger partial charge in [0.05, 0.1) is 17.2 Å². The molecule has 8 heteroatoms. The second kappa shape index (κ2) is 9.28. The quantitative estimate of drug-likeness (QED) is 0.529. The van der Waals surface area contributed by atoms with E-state index in [2.05, 4.69) is 10.3 Å². The number of rotatable bonds is 6. The number of H-pyrrole nitrogens is 1. The van der Waals surface area contributed by atoms with Crippen LogP contribution in [0, 0.1) is 5.82 Å². The summed E-state index contributed by atoms with van der Waals surface area (Å²) in [4.78, 5) is 29.5. The lowest BCUT2D eigenvalue weighted by Gasteiger charge is -2.31. The molecule has 3 N–H and O–H groups in total. The van der Waals surface area contributed by atoms with Gasteiger partial charge >= 0.3 is 6.03 Å². The highest BCUT2D eigenvalue weighted by molar-refractivity contribution is 6.31. The Labute approximate surface area is 178 Å². The zero-order chi connectivity index (χ0) is 21.8. The van der Waals surface area contributed by atoms with Crippen molar-refractivity contribution in [1.82, 2.24) is 9.88 Å². The van der Waals surface area contributed by atoms with Crippen molar-refractivity contribution >= 4 is 34.1 Å². The number of pyridine rings is 1. The van der Waals surface area contributed by atoms with Gasteiger partial charge in [-0.3, -0.25) is 4.79 Å². The average Bonchev–Trinajstić information content (AvgIpc) is 2.71. The van der Waals surface area contributed by atoms with Crippen molar-refractivity contribution in [1.29, 1.82) is 0 Å². The van der Waals surface area contributed by atoms with E-state index in [1.54, 1.807) is 30.2 Å². The number of urea groups is 1. The lowest BCUT2D eigenvalue weighted by Crippen LogP contribution is -2.39. The lowest BCUT2D eigenvalue weighted by atomic mass is 10.0. The minimum atomic E-state index is -0.597. The number of hydrogen-bond acceptors (Lipinski definition) is 3. The van der Waals surface area contributed by atoms with Gasteiger partial charge in [0.1, 0.15) is 5.82 Å². The van der Waals surface area contributed by atoms with Crippen LogP contribution in [-0.4, -0.2) is 33.7 Å². The first kappa shape index (κ1) is 21.8. The molecule has 1 aromatic heterocycles. The number of aliphatic hydroxyl groups excluding tert-OH is 1. The smallest absolute Gasteiger partial charge is 0.322 e. The second-order valence-corrected chi connectivity index (χ2v) is 7.59. The Kier molecular flexibility index (Phi) is 6.74. The van der Waals surface area contributed by atoms with Gasteiger partial charge in [-0.2, -0.15) is 0 Å². The highest BCUT2D eigenvalue weighted by Crippen LogP contribution is 2.27. The number of nitrogens with zero attached hydrogens (tertiary/aromatic N) is 1. The summed E-state index contributed by atoms with van der Waals surface area (Å²) in [5, 5.41) is 13.6. The number of benzene rings is 2. The van der Waals surface area contributed by atoms with Crippen molar-refractivity contribution in [3.05, 3.63) is 75.4 Å². The summed E-state index contributed by atoms with van der Waals surface area (Å²) in [5.74, 6) is -0.575. The number of halogens is 2. The number of aliphatic hydroxyl groups is 1. The monoisotopic (exact) mass is 431 g/mol. The SMILES string of the molecule is CC(c1c[nH]c(=O)c2ccccc12)N(CC[C@H](C)O)C(=O)Nc1ccc(F)c(Cl)c1. The van der Waals surface area contributed by atoms with E-state index in [9.17, 15) is 19.1 Å². The Balaban J connectivity index is 1.94. The van der Waals surface area contributed by atoms with Crippen molar-refractivity contribution in [2.24, 2.45) is 0 Å². The first-order chi connectivity index (χ1) is 14.3. The summed E-state index contributed by atoms with van der Waals surface area (Å²) in [5.41, 5.74) is 0.914. The maximum Gasteiger partial charge on any atom is 0.322 e. The second-order valence-electron chi connectivity index (χ2n) is 7.18. The van der Waals surface area contributed by atoms with Gasteiger partial charge in [-0.25, -0.2) is 9.18 Å². The van der Waals surface area contributed by atoms with Crippen LogP contribution in [0.4, 0.5) is 14.9 Å². The molecule has 30 heavy (non-hydrogen) atoms. The maximum absolute atomic E-state index is 13.4. The molecule has 3 aromatic rings. The van der Waals surface area contributed by atoms with Gasteiger partial charge in [-0.15, -0.1) is 0 Å². The number of nitrogens with one attached hydrogen (secondary N) is 2. The Morgan fingerprint density at radius 3 is 2.60 bits per heavy atom. The number of aromatic amines is 1. The molecular weight excluding hydrogens is 409 g/mol. The fourth-order valence-electron chi connectivity index (χ4n) is 3.31. The van der Waals surface area contributed by atoms with Crippen LogP contribution in [0.5, 0.6) is 0 Å². The predicted octanol–water partition coefficient (Wildman–Crippen LogP) is 4.69. The first-order valence-electron chi connectivity index (χ1n) is 9.59. The van der Waals surface area contributed by atoms with Crippen molar-refractivity contribution in [2.75, 3.05) is 11.9 Å². The van der Waals surface area contributed by atoms with E-state index in [0.717, 1.165) is 10.9 Å². The molecule has 0 fully saturated rings. The number of fused-ring (bicyclic) bond motifs is 1. The summed E-state index contributed by atoms with van der Waals surface area (Å²) >= 11 is 5.81. The minimum Gasteiger partial charge on any atom is -0.393 e. The summed E-state index contributed by atoms with van der Waals surface area (Å²) in [7, 11) is 0. The van der Waals surface area contributed by atoms with Crippen LogP contribution in [0.1, 0.15) is 31.9 Å². The molecule has 0 spiro atoms. The van der Waals surface area contributed by atoms with E-state index >= 15 is 0 Å². The zero-order valence-electron chi connectivity index (χ0n) is 16.7. The number of amides is 2. The molecule has 2 aromatic carbocycles. The molecule has 6 nitrogen and oxygen atoms in total. The van der Waals surface area contributed by atoms with Crippen LogP contribution in [-0.2, 0) is 0 Å². The number of carbonyl (C=O) groups is 1. The van der Waals surface area contributed by atoms with Crippen LogP contribution in [0.2, 0.25) is 5.02 Å². The molecule has 0 aliphatic carbocycles. The Hall–Kier alpha value is -2.90. The van der Waals surface area contributed by atoms with E-state index in [0.29, 0.717) is 17.5 Å². The molecular formula is C22H23ClFN3O3. The van der Waals surface area contributed by atoms with Gasteiger partial charge in [0.15, 0.2) is 0 Å². The average molecular weight is 432 g/mol. The third-order valence-corrected chi connectivity index (χ3v) is 5.27. The standard InChI is InChI=1S/C22H23ClFN3O3/c1-13(28)9-10-27(22(30)26-15-7-8-20(24)19(23)11-15)14(2)18-12-25-21(29)17-6-4-3-5-16(17)18/h3-8,11-14,28H,9-10H2,1-2H3,(H,25,29)(H,26,30)/t13-,14?/m0/s1. The minimum absolute atomic E-state index is 0.0944. The fourth-order valence-corrected chi connectivity index (χ4v) is 3.49. The van der Waals surface area contributed by atoms with Crippen molar-refractivity contribution < 1.29 is 14.3 Å². The van der Waals surface area contributed by atoms with Gasteiger partial charge in [0.2, 0.25) is 0 Å². The summed E-state index contributed by atoms with van der Waals surface area (Å²) in [6.07, 6.45) is 1.37. The Morgan fingerprint density at radius 2 is 1.93 bits per heavy atom. The third kappa shape index (κ3) is 4.80. The third-order valence-electron chi connectivity index (χ3n) is 4.98. The molecule has 1 heterocycles. The predicted molar refractivity (Wildman–Crippen MR) is 116 cm³/mol. The lowest BCUT2D eigenvalue weighted by molar-refractivity contribution is 0.149. The molecule has 0 saturated heterocycles. The molecule has 0 aliphatic rings. The molecule has 2 amide bonds. The van der Waals surface area contributed by atoms with Gasteiger partial charge in [-0.05, 0) is 55.5 Å². The molecule has 158 valence electrons. The summed E-state index contributed by atoms with van der Waals surface area (Å²) in [6, 6.07) is 10.3. The first-order valence-corrected chi connectivity index (χ1v) is 9.96. The molecule has 3 rings (SSSR count). The Morgan fingerprint density at radius 1 is 1.23 bits per heavy atom. The molecule has 0 aliphatic heterocycles. The van der Waals surface area contributed by atoms with E-state index in [1.807, 2.05) is 19.1 Å². The van der Waals surface area contributed by atoms with Crippen LogP contribution < -0.4 is 10.9 Å². The summed E-state index contributed by atoms with van der Waals surface area (Å²) < 4.78 is 13.4. The maximum atomic E-state index is 13.4. The van der Waals surface area contributed by atoms with Crippen LogP contribution >= 0.6 is 11.6 Å². The van der Waals surface area contributed by atoms with Crippen LogP contribution in [0.15, 0.2) is 53.5 Å². The van der Waals surface area contributed by atoms with E-state index in [1.165, 1.54) is 18.2 Å². The van der Waals surface area contributed by atoms with Gasteiger partial charge in [-0.1, -0.05) is 29.8 Å². The normalized spacial score (nSPS) is 13.1. The number of aromatic nitrogens is 1. The molecule has 0 radical (unpaired) electrons. The van der Waals surface area contributed by atoms with E-state index in [-0.39, 0.29) is 17.1 Å². The number of anilines is 1. The number of hydrogen-bond donors (Lipinski definition) is 3.